The second kappa shape index (κ2) is 14.8. The summed E-state index contributed by atoms with van der Waals surface area (Å²) >= 11 is 0. The number of hydrogen-bond donors (Lipinski definition) is 0. The minimum absolute atomic E-state index is 0.212. The summed E-state index contributed by atoms with van der Waals surface area (Å²) in [5.41, 5.74) is 2.67. The number of allylic oxidation sites excluding steroid dienone is 2. The van der Waals surface area contributed by atoms with Crippen molar-refractivity contribution in [1.82, 2.24) is 0 Å². The summed E-state index contributed by atoms with van der Waals surface area (Å²) in [5.74, 6) is 3.12. The van der Waals surface area contributed by atoms with Crippen LogP contribution in [0.3, 0.4) is 0 Å². The van der Waals surface area contributed by atoms with Crippen molar-refractivity contribution in [2.45, 2.75) is 123 Å². The highest BCUT2D eigenvalue weighted by atomic mass is 19.1. The third kappa shape index (κ3) is 9.45. The highest BCUT2D eigenvalue weighted by molar-refractivity contribution is 5.30. The zero-order valence-corrected chi connectivity index (χ0v) is 21.6. The fourth-order valence-electron chi connectivity index (χ4n) is 5.84. The van der Waals surface area contributed by atoms with Crippen LogP contribution in [0.15, 0.2) is 29.8 Å². The highest BCUT2D eigenvalue weighted by Crippen LogP contribution is 2.37. The van der Waals surface area contributed by atoms with Crippen LogP contribution in [-0.4, -0.2) is 6.61 Å². The molecular weight excluding hydrogens is 407 g/mol. The third-order valence-electron chi connectivity index (χ3n) is 8.27. The molecule has 2 aliphatic rings. The average Bonchev–Trinajstić information content (AvgIpc) is 2.84. The van der Waals surface area contributed by atoms with E-state index in [1.807, 2.05) is 12.1 Å². The lowest BCUT2D eigenvalue weighted by atomic mass is 9.76. The molecule has 1 aromatic carbocycles. The van der Waals surface area contributed by atoms with Crippen molar-refractivity contribution in [3.63, 3.8) is 0 Å². The van der Waals surface area contributed by atoms with Gasteiger partial charge in [0.2, 0.25) is 0 Å². The zero-order valence-electron chi connectivity index (χ0n) is 21.6. The molecule has 1 fully saturated rings. The fourth-order valence-corrected chi connectivity index (χ4v) is 5.84. The second-order valence-corrected chi connectivity index (χ2v) is 10.9. The van der Waals surface area contributed by atoms with Gasteiger partial charge in [0.05, 0.1) is 6.61 Å². The number of benzene rings is 1. The number of ether oxygens (including phenoxy) is 1. The Morgan fingerprint density at radius 2 is 1.55 bits per heavy atom. The zero-order chi connectivity index (χ0) is 23.3. The Balaban J connectivity index is 1.31. The monoisotopic (exact) mass is 456 g/mol. The molecular formula is C31H49FO. The molecule has 3 rings (SSSR count). The maximum atomic E-state index is 14.3. The Kier molecular flexibility index (Phi) is 11.8. The molecule has 1 aromatic rings. The molecule has 0 N–H and O–H groups in total. The van der Waals surface area contributed by atoms with Crippen molar-refractivity contribution in [3.05, 3.63) is 41.2 Å². The summed E-state index contributed by atoms with van der Waals surface area (Å²) < 4.78 is 19.8. The molecule has 1 saturated carbocycles. The summed E-state index contributed by atoms with van der Waals surface area (Å²) in [7, 11) is 0. The molecule has 1 unspecified atom stereocenters. The number of unbranched alkanes of at least 4 members (excludes halogenated alkanes) is 3. The predicted molar refractivity (Wildman–Crippen MR) is 139 cm³/mol. The van der Waals surface area contributed by atoms with Gasteiger partial charge in [-0.25, -0.2) is 4.39 Å². The summed E-state index contributed by atoms with van der Waals surface area (Å²) in [5, 5.41) is 0. The first kappa shape index (κ1) is 26.3. The van der Waals surface area contributed by atoms with E-state index in [2.05, 4.69) is 19.9 Å². The third-order valence-corrected chi connectivity index (χ3v) is 8.27. The van der Waals surface area contributed by atoms with Crippen molar-refractivity contribution >= 4 is 0 Å². The molecule has 0 aliphatic heterocycles. The lowest BCUT2D eigenvalue weighted by Crippen LogP contribution is -2.16. The van der Waals surface area contributed by atoms with E-state index in [4.69, 9.17) is 4.74 Å². The van der Waals surface area contributed by atoms with Crippen LogP contribution in [0, 0.1) is 23.6 Å². The van der Waals surface area contributed by atoms with Gasteiger partial charge in [-0.1, -0.05) is 95.8 Å². The largest absolute Gasteiger partial charge is 0.491 e. The molecule has 1 nitrogen and oxygen atoms in total. The van der Waals surface area contributed by atoms with Gasteiger partial charge in [-0.2, -0.15) is 0 Å². The molecule has 0 bridgehead atoms. The first-order valence-corrected chi connectivity index (χ1v) is 14.3. The Labute approximate surface area is 203 Å². The number of hydrogen-bond acceptors (Lipinski definition) is 1. The molecule has 0 aromatic heterocycles. The smallest absolute Gasteiger partial charge is 0.165 e. The van der Waals surface area contributed by atoms with Gasteiger partial charge in [0.1, 0.15) is 0 Å². The number of rotatable bonds is 14. The van der Waals surface area contributed by atoms with Crippen LogP contribution in [0.25, 0.3) is 0 Å². The van der Waals surface area contributed by atoms with Crippen molar-refractivity contribution in [1.29, 1.82) is 0 Å². The van der Waals surface area contributed by atoms with E-state index >= 15 is 0 Å². The van der Waals surface area contributed by atoms with E-state index in [1.54, 1.807) is 11.6 Å². The summed E-state index contributed by atoms with van der Waals surface area (Å²) in [6.45, 7) is 5.03. The second-order valence-electron chi connectivity index (χ2n) is 10.9. The molecule has 0 saturated heterocycles. The molecule has 1 atom stereocenters. The molecule has 0 radical (unpaired) electrons. The van der Waals surface area contributed by atoms with Crippen LogP contribution in [0.2, 0.25) is 0 Å². The maximum Gasteiger partial charge on any atom is 0.165 e. The Hall–Kier alpha value is -1.31. The molecule has 0 heterocycles. The van der Waals surface area contributed by atoms with E-state index in [1.165, 1.54) is 83.5 Å². The molecule has 2 aliphatic carbocycles. The lowest BCUT2D eigenvalue weighted by molar-refractivity contribution is 0.234. The predicted octanol–water partition coefficient (Wildman–Crippen LogP) is 9.83. The first-order valence-electron chi connectivity index (χ1n) is 14.3. The Morgan fingerprint density at radius 3 is 2.21 bits per heavy atom. The van der Waals surface area contributed by atoms with Gasteiger partial charge < -0.3 is 4.74 Å². The van der Waals surface area contributed by atoms with Gasteiger partial charge in [-0.15, -0.1) is 0 Å². The Bertz CT molecular complexity index is 701. The van der Waals surface area contributed by atoms with Crippen LogP contribution in [0.1, 0.15) is 122 Å². The van der Waals surface area contributed by atoms with Gasteiger partial charge >= 0.3 is 0 Å². The normalized spacial score (nSPS) is 23.4. The van der Waals surface area contributed by atoms with Crippen LogP contribution < -0.4 is 4.74 Å². The number of halogens is 1. The summed E-state index contributed by atoms with van der Waals surface area (Å²) in [6, 6.07) is 5.52. The van der Waals surface area contributed by atoms with Gasteiger partial charge in [0.25, 0.3) is 0 Å². The average molecular weight is 457 g/mol. The molecule has 0 amide bonds. The summed E-state index contributed by atoms with van der Waals surface area (Å²) in [6.07, 6.45) is 25.0. The number of aryl methyl sites for hydroxylation is 1. The van der Waals surface area contributed by atoms with Crippen LogP contribution >= 0.6 is 0 Å². The standard InChI is InChI=1S/C31H49FO/c1-3-5-7-8-25-9-11-26(12-10-25)13-14-27-15-17-28(18-16-27)19-20-29-21-22-31(30(32)24-29)33-23-6-4-2/h17,21-22,24-27H,3-16,18-20,23H2,1-2H3/t25-,26-,27?. The molecule has 33 heavy (non-hydrogen) atoms. The fraction of sp³-hybridized carbons (Fsp3) is 0.742. The topological polar surface area (TPSA) is 9.23 Å². The van der Waals surface area contributed by atoms with Gasteiger partial charge in [-0.3, -0.25) is 0 Å². The minimum atomic E-state index is -0.212. The van der Waals surface area contributed by atoms with Crippen molar-refractivity contribution in [2.24, 2.45) is 17.8 Å². The lowest BCUT2D eigenvalue weighted by Gasteiger charge is -2.30. The van der Waals surface area contributed by atoms with E-state index in [0.29, 0.717) is 12.4 Å². The van der Waals surface area contributed by atoms with E-state index in [0.717, 1.165) is 49.0 Å². The van der Waals surface area contributed by atoms with E-state index < -0.39 is 0 Å². The van der Waals surface area contributed by atoms with Crippen molar-refractivity contribution in [3.8, 4) is 5.75 Å². The van der Waals surface area contributed by atoms with Gasteiger partial charge in [-0.05, 0) is 80.4 Å². The SMILES string of the molecule is CCCCC[C@H]1CC[C@H](CCC2CC=C(CCc3ccc(OCCCC)c(F)c3)CC2)CC1. The minimum Gasteiger partial charge on any atom is -0.491 e. The summed E-state index contributed by atoms with van der Waals surface area (Å²) in [4.78, 5) is 0. The maximum absolute atomic E-state index is 14.3. The van der Waals surface area contributed by atoms with E-state index in [9.17, 15) is 4.39 Å². The van der Waals surface area contributed by atoms with Crippen molar-refractivity contribution < 1.29 is 9.13 Å². The van der Waals surface area contributed by atoms with Crippen LogP contribution in [0.4, 0.5) is 4.39 Å². The highest BCUT2D eigenvalue weighted by Gasteiger charge is 2.22. The van der Waals surface area contributed by atoms with Gasteiger partial charge in [0.15, 0.2) is 11.6 Å². The van der Waals surface area contributed by atoms with E-state index in [-0.39, 0.29) is 5.82 Å². The van der Waals surface area contributed by atoms with Crippen LogP contribution in [0.5, 0.6) is 5.75 Å². The quantitative estimate of drug-likeness (QED) is 0.200. The van der Waals surface area contributed by atoms with Gasteiger partial charge in [0, 0.05) is 0 Å². The Morgan fingerprint density at radius 1 is 0.818 bits per heavy atom. The first-order chi connectivity index (χ1) is 16.2. The van der Waals surface area contributed by atoms with Crippen LogP contribution in [-0.2, 0) is 6.42 Å². The molecule has 2 heteroatoms. The molecule has 0 spiro atoms. The molecule has 186 valence electrons. The van der Waals surface area contributed by atoms with Crippen molar-refractivity contribution in [2.75, 3.05) is 6.61 Å².